The number of carbonyl (C=O) groups is 1. The van der Waals surface area contributed by atoms with Crippen LogP contribution in [0.3, 0.4) is 0 Å². The van der Waals surface area contributed by atoms with E-state index in [0.29, 0.717) is 65.6 Å². The average molecular weight is 1920 g/mol. The number of methoxy groups -OCH3 is 1. The Bertz CT molecular complexity index is 3590. The molecule has 121 heavy (non-hydrogen) atoms. The standard InChI is InChI=1S/C10H23N3O2S.C10H24N2O4S.C10H22N2O3S.C9H21NO4S.C9H19NO3S.C8H19NO4S.C7H15NO.C6H15NO3S.C5H13NO2S/c1-10(2,3)16(14,15)12-6-9-13-7-4-11-5-8-13;1-10(2,3)17(15,16)11-4-5-12(6-8-13)7-9-14;1-10(2,3)16(13,14)11-4-5-12-6-8-15-9-7-12;1-9(2,3)15(11,12)10-5-6-14-8-7-13-4;1-9(2,3)14(11,12)10-7-8-5-4-6-13-8;1-8(2,3)14(11,12)9-4-6-13-7-5-10;1-6(9)8-5-7(2,3)4;1-6(2,3)11(9,10)7-4-5-8;1-5(2,3)4-9(6,7)8/h11-12H,4-9H2,1-3H3;11,13-14H,4-9H2,1-3H3;11H,4-9H2,1-3H3;10H,5-8H2,1-4H3;8,10H,4-7H2,1-3H3;9-10H,4-7H2,1-3H3;5H2,1-4H3,(H,8,9);7-8H,4-5H2,1-3H3;4H2,1-3H3,(H2,6,7,8). The molecule has 0 aromatic heterocycles. The van der Waals surface area contributed by atoms with Gasteiger partial charge in [0, 0.05) is 145 Å². The van der Waals surface area contributed by atoms with E-state index in [9.17, 15) is 72.1 Å². The van der Waals surface area contributed by atoms with Crippen LogP contribution in [0.25, 0.3) is 0 Å². The lowest BCUT2D eigenvalue weighted by Crippen LogP contribution is -2.47. The second-order valence-electron chi connectivity index (χ2n) is 37.5. The molecule has 736 valence electrons. The van der Waals surface area contributed by atoms with Gasteiger partial charge < -0.3 is 54.7 Å². The molecule has 47 heteroatoms. The van der Waals surface area contributed by atoms with E-state index in [4.69, 9.17) is 49.2 Å². The number of carbonyl (C=O) groups excluding carboxylic acids is 1. The van der Waals surface area contributed by atoms with Crippen LogP contribution in [0.15, 0.2) is 0 Å². The number of rotatable bonds is 37. The van der Waals surface area contributed by atoms with E-state index in [2.05, 4.69) is 74.3 Å². The average Bonchev–Trinajstić information content (AvgIpc) is 0.929. The number of nitrogens with one attached hydrogen (secondary N) is 9. The molecule has 0 aromatic rings. The molecule has 3 heterocycles. The maximum absolute atomic E-state index is 11.8. The van der Waals surface area contributed by atoms with Crippen LogP contribution in [0.2, 0.25) is 0 Å². The van der Waals surface area contributed by atoms with Gasteiger partial charge in [-0.2, -0.15) is 0 Å². The number of nitrogens with two attached hydrogens (primary N) is 1. The predicted molar refractivity (Wildman–Crippen MR) is 486 cm³/mol. The number of hydrogen-bond acceptors (Lipinski definition) is 30. The maximum Gasteiger partial charge on any atom is 0.216 e. The second-order valence-corrected chi connectivity index (χ2v) is 56.8. The Morgan fingerprint density at radius 1 is 0.421 bits per heavy atom. The topological polar surface area (TPSA) is 561 Å². The van der Waals surface area contributed by atoms with Gasteiger partial charge in [-0.1, -0.05) is 41.5 Å². The highest BCUT2D eigenvalue weighted by atomic mass is 32.2. The van der Waals surface area contributed by atoms with Crippen LogP contribution in [0, 0.1) is 10.8 Å². The van der Waals surface area contributed by atoms with Crippen molar-refractivity contribution in [1.82, 2.24) is 58.4 Å². The molecule has 3 aliphatic rings. The zero-order chi connectivity index (χ0) is 96.3. The Kier molecular flexibility index (Phi) is 65.5. The largest absolute Gasteiger partial charge is 0.395 e. The van der Waals surface area contributed by atoms with E-state index in [1.807, 2.05) is 20.8 Å². The number of amides is 1. The maximum atomic E-state index is 11.8. The molecule has 3 aliphatic heterocycles. The number of nitrogens with zero attached hydrogens (tertiary/aromatic N) is 3. The zero-order valence-electron chi connectivity index (χ0n) is 79.1. The van der Waals surface area contributed by atoms with Crippen LogP contribution >= 0.6 is 0 Å². The third kappa shape index (κ3) is 69.8. The van der Waals surface area contributed by atoms with E-state index in [1.54, 1.807) is 157 Å². The third-order valence-corrected chi connectivity index (χ3v) is 32.7. The van der Waals surface area contributed by atoms with Crippen LogP contribution in [0.1, 0.15) is 207 Å². The molecule has 0 saturated carbocycles. The minimum absolute atomic E-state index is 0.00792. The number of piperazine rings is 1. The van der Waals surface area contributed by atoms with Crippen LogP contribution in [-0.2, 0) is 109 Å². The molecular formula is C74H171N13O26S8. The minimum atomic E-state index is -3.32. The van der Waals surface area contributed by atoms with Gasteiger partial charge in [0.15, 0.2) is 0 Å². The van der Waals surface area contributed by atoms with Crippen molar-refractivity contribution in [1.29, 1.82) is 0 Å². The summed E-state index contributed by atoms with van der Waals surface area (Å²) in [6.07, 6.45) is 2.04. The molecule has 0 radical (unpaired) electrons. The molecule has 1 unspecified atom stereocenters. The van der Waals surface area contributed by atoms with Gasteiger partial charge >= 0.3 is 0 Å². The predicted octanol–water partition coefficient (Wildman–Crippen LogP) is 0.787. The van der Waals surface area contributed by atoms with Crippen LogP contribution in [-0.4, -0.2) is 364 Å². The first kappa shape index (κ1) is 130. The van der Waals surface area contributed by atoms with Crippen molar-refractivity contribution in [2.45, 2.75) is 246 Å². The van der Waals surface area contributed by atoms with Crippen molar-refractivity contribution in [2.24, 2.45) is 16.0 Å². The lowest BCUT2D eigenvalue weighted by molar-refractivity contribution is -0.119. The monoisotopic (exact) mass is 1910 g/mol. The highest BCUT2D eigenvalue weighted by Crippen LogP contribution is 2.20. The van der Waals surface area contributed by atoms with E-state index in [-0.39, 0.29) is 87.9 Å². The Balaban J connectivity index is -0.000000310. The first-order valence-corrected chi connectivity index (χ1v) is 52.7. The Morgan fingerprint density at radius 2 is 0.760 bits per heavy atom. The van der Waals surface area contributed by atoms with Gasteiger partial charge in [0.25, 0.3) is 0 Å². The van der Waals surface area contributed by atoms with Gasteiger partial charge in [-0.05, 0) is 169 Å². The van der Waals surface area contributed by atoms with Crippen molar-refractivity contribution in [3.05, 3.63) is 0 Å². The van der Waals surface area contributed by atoms with Gasteiger partial charge in [-0.3, -0.25) is 19.5 Å². The molecule has 1 atom stereocenters. The number of ether oxygens (including phenoxy) is 5. The van der Waals surface area contributed by atoms with E-state index < -0.39 is 113 Å². The number of primary sulfonamides is 1. The van der Waals surface area contributed by atoms with Crippen LogP contribution in [0.5, 0.6) is 0 Å². The van der Waals surface area contributed by atoms with Gasteiger partial charge in [0.05, 0.1) is 118 Å². The summed E-state index contributed by atoms with van der Waals surface area (Å²) in [7, 11) is -24.4. The van der Waals surface area contributed by atoms with E-state index in [0.717, 1.165) is 91.6 Å². The normalized spacial score (nSPS) is 16.1. The summed E-state index contributed by atoms with van der Waals surface area (Å²) in [6.45, 7) is 63.6. The van der Waals surface area contributed by atoms with Crippen LogP contribution < -0.4 is 48.8 Å². The summed E-state index contributed by atoms with van der Waals surface area (Å²) < 4.78 is 221. The molecule has 0 bridgehead atoms. The van der Waals surface area contributed by atoms with Gasteiger partial charge in [-0.25, -0.2) is 106 Å². The highest BCUT2D eigenvalue weighted by molar-refractivity contribution is 7.92. The Hall–Kier alpha value is -1.77. The van der Waals surface area contributed by atoms with E-state index in [1.165, 1.54) is 6.92 Å². The molecule has 1 amide bonds. The number of sulfonamides is 8. The molecule has 15 N–H and O–H groups in total. The lowest BCUT2D eigenvalue weighted by atomic mass is 9.97. The first-order chi connectivity index (χ1) is 54.3. The fraction of sp³-hybridized carbons (Fsp3) is 0.986. The Morgan fingerprint density at radius 3 is 1.04 bits per heavy atom. The van der Waals surface area contributed by atoms with Crippen molar-refractivity contribution >= 4 is 86.1 Å². The quantitative estimate of drug-likeness (QED) is 0.0382. The zero-order valence-corrected chi connectivity index (χ0v) is 85.6. The molecule has 3 saturated heterocycles. The summed E-state index contributed by atoms with van der Waals surface area (Å²) in [5, 5.41) is 45.1. The fourth-order valence-corrected chi connectivity index (χ4v) is 14.8. The van der Waals surface area contributed by atoms with Crippen molar-refractivity contribution in [3.63, 3.8) is 0 Å². The number of aliphatic hydroxyl groups excluding tert-OH is 4. The fourth-order valence-electron chi connectivity index (χ4n) is 8.00. The summed E-state index contributed by atoms with van der Waals surface area (Å²) in [5.74, 6) is 0.0879. The summed E-state index contributed by atoms with van der Waals surface area (Å²) in [6, 6.07) is 0. The summed E-state index contributed by atoms with van der Waals surface area (Å²) >= 11 is 0. The molecule has 39 nitrogen and oxygen atoms in total. The first-order valence-electron chi connectivity index (χ1n) is 40.6. The van der Waals surface area contributed by atoms with E-state index >= 15 is 0 Å². The second kappa shape index (κ2) is 61.0. The molecule has 0 aromatic carbocycles. The lowest BCUT2D eigenvalue weighted by Gasteiger charge is -2.28. The molecule has 0 aliphatic carbocycles. The van der Waals surface area contributed by atoms with Crippen molar-refractivity contribution in [3.8, 4) is 0 Å². The molecule has 0 spiro atoms. The minimum Gasteiger partial charge on any atom is -0.395 e. The van der Waals surface area contributed by atoms with Gasteiger partial charge in [0.1, 0.15) is 0 Å². The van der Waals surface area contributed by atoms with Crippen molar-refractivity contribution in [2.75, 3.05) is 216 Å². The van der Waals surface area contributed by atoms with Crippen molar-refractivity contribution < 1.29 is 116 Å². The molecular weight excluding hydrogens is 1740 g/mol. The summed E-state index contributed by atoms with van der Waals surface area (Å²) in [4.78, 5) is 16.6. The number of morpholine rings is 1. The number of hydrogen-bond donors (Lipinski definition) is 14. The Labute approximate surface area is 734 Å². The van der Waals surface area contributed by atoms with Crippen LogP contribution in [0.4, 0.5) is 0 Å². The number of aliphatic hydroxyl groups is 4. The highest BCUT2D eigenvalue weighted by Gasteiger charge is 2.34. The summed E-state index contributed by atoms with van der Waals surface area (Å²) in [5.41, 5.74) is -0.0285. The molecule has 3 fully saturated rings. The smallest absolute Gasteiger partial charge is 0.216 e. The SMILES string of the molecule is CC(=O)NCC(C)(C)C.CC(C)(C)CS(N)(=O)=O.CC(C)(C)S(=O)(=O)NCC1CCCO1.CC(C)(C)S(=O)(=O)NCCN(CCO)CCO.CC(C)(C)S(=O)(=O)NCCN1CCNCC1.CC(C)(C)S(=O)(=O)NCCN1CCOCC1.CC(C)(C)S(=O)(=O)NCCO.CC(C)(C)S(=O)(=O)NCCOCCO.COCCOCCNS(=O)(=O)C(C)(C)C. The van der Waals surface area contributed by atoms with Gasteiger partial charge in [0.2, 0.25) is 86.1 Å². The third-order valence-electron chi connectivity index (χ3n) is 16.1. The molecule has 3 rings (SSSR count). The van der Waals surface area contributed by atoms with Gasteiger partial charge in [-0.15, -0.1) is 0 Å².